The van der Waals surface area contributed by atoms with E-state index in [-0.39, 0.29) is 11.9 Å². The second-order valence-corrected chi connectivity index (χ2v) is 5.21. The van der Waals surface area contributed by atoms with Crippen LogP contribution in [0.15, 0.2) is 0 Å². The maximum Gasteiger partial charge on any atom is 0.240 e. The lowest BCUT2D eigenvalue weighted by molar-refractivity contribution is -0.136. The van der Waals surface area contributed by atoms with E-state index < -0.39 is 12.0 Å². The minimum absolute atomic E-state index is 0.0486. The molecule has 1 aliphatic heterocycles. The number of aliphatic hydroxyl groups is 1. The number of carbonyl (C=O) groups is 1. The quantitative estimate of drug-likeness (QED) is 0.833. The van der Waals surface area contributed by atoms with Crippen molar-refractivity contribution >= 4 is 5.91 Å². The largest absolute Gasteiger partial charge is 0.393 e. The van der Waals surface area contributed by atoms with Crippen molar-refractivity contribution in [2.45, 2.75) is 64.5 Å². The molecule has 1 rings (SSSR count). The Balaban J connectivity index is 2.78. The normalized spacial score (nSPS) is 23.9. The number of carbonyl (C=O) groups excluding carboxylic acids is 1. The van der Waals surface area contributed by atoms with Gasteiger partial charge in [0, 0.05) is 12.6 Å². The molecule has 3 unspecified atom stereocenters. The molecule has 0 aliphatic carbocycles. The second-order valence-electron chi connectivity index (χ2n) is 5.21. The van der Waals surface area contributed by atoms with Crippen LogP contribution < -0.4 is 0 Å². The summed E-state index contributed by atoms with van der Waals surface area (Å²) in [5, 5.41) is 18.6. The van der Waals surface area contributed by atoms with Crippen LogP contribution in [-0.4, -0.2) is 34.6 Å². The highest BCUT2D eigenvalue weighted by atomic mass is 16.3. The van der Waals surface area contributed by atoms with Gasteiger partial charge in [-0.3, -0.25) is 4.79 Å². The first kappa shape index (κ1) is 15.0. The molecule has 0 saturated carbocycles. The van der Waals surface area contributed by atoms with Crippen LogP contribution in [0.25, 0.3) is 0 Å². The molecule has 1 N–H and O–H groups in total. The van der Waals surface area contributed by atoms with Gasteiger partial charge in [-0.05, 0) is 32.6 Å². The van der Waals surface area contributed by atoms with E-state index in [1.807, 2.05) is 11.8 Å². The van der Waals surface area contributed by atoms with Crippen molar-refractivity contribution in [3.05, 3.63) is 0 Å². The summed E-state index contributed by atoms with van der Waals surface area (Å²) in [4.78, 5) is 14.2. The van der Waals surface area contributed by atoms with Crippen LogP contribution in [0.5, 0.6) is 0 Å². The summed E-state index contributed by atoms with van der Waals surface area (Å²) in [5.41, 5.74) is 0. The zero-order chi connectivity index (χ0) is 13.5. The lowest BCUT2D eigenvalue weighted by Crippen LogP contribution is -2.44. The Morgan fingerprint density at radius 1 is 1.50 bits per heavy atom. The number of likely N-dealkylation sites (tertiary alicyclic amines) is 1. The molecule has 4 heteroatoms. The van der Waals surface area contributed by atoms with Crippen LogP contribution in [0.1, 0.15) is 52.4 Å². The second kappa shape index (κ2) is 7.38. The van der Waals surface area contributed by atoms with E-state index in [4.69, 9.17) is 5.26 Å². The fourth-order valence-electron chi connectivity index (χ4n) is 2.63. The third-order valence-electron chi connectivity index (χ3n) is 3.64. The molecule has 0 spiro atoms. The Bertz CT molecular complexity index is 309. The molecule has 1 amide bonds. The minimum Gasteiger partial charge on any atom is -0.393 e. The van der Waals surface area contributed by atoms with Crippen molar-refractivity contribution in [1.82, 2.24) is 4.90 Å². The molecule has 0 aromatic carbocycles. The highest BCUT2D eigenvalue weighted by Gasteiger charge is 2.30. The van der Waals surface area contributed by atoms with E-state index >= 15 is 0 Å². The number of nitriles is 1. The third kappa shape index (κ3) is 3.99. The fourth-order valence-corrected chi connectivity index (χ4v) is 2.63. The average Bonchev–Trinajstić information content (AvgIpc) is 2.55. The maximum atomic E-state index is 12.3. The van der Waals surface area contributed by atoms with Gasteiger partial charge in [0.1, 0.15) is 5.92 Å². The standard InChI is InChI=1S/C14H24N2O2/c1-3-12(10-15)14(18)16-8-6-4-5-7-13(16)9-11(2)17/h11-13,17H,3-9H2,1-2H3. The Morgan fingerprint density at radius 2 is 2.22 bits per heavy atom. The van der Waals surface area contributed by atoms with E-state index in [0.29, 0.717) is 12.8 Å². The van der Waals surface area contributed by atoms with Crippen LogP contribution in [0, 0.1) is 17.2 Å². The molecule has 0 radical (unpaired) electrons. The predicted octanol–water partition coefficient (Wildman–Crippen LogP) is 2.08. The predicted molar refractivity (Wildman–Crippen MR) is 69.7 cm³/mol. The van der Waals surface area contributed by atoms with Crippen molar-refractivity contribution in [1.29, 1.82) is 5.26 Å². The SMILES string of the molecule is CCC(C#N)C(=O)N1CCCCCC1CC(C)O. The highest BCUT2D eigenvalue weighted by Crippen LogP contribution is 2.23. The number of hydrogen-bond acceptors (Lipinski definition) is 3. The van der Waals surface area contributed by atoms with Crippen LogP contribution >= 0.6 is 0 Å². The zero-order valence-corrected chi connectivity index (χ0v) is 11.4. The topological polar surface area (TPSA) is 64.3 Å². The molecule has 18 heavy (non-hydrogen) atoms. The Kier molecular flexibility index (Phi) is 6.14. The summed E-state index contributed by atoms with van der Waals surface area (Å²) in [6.07, 6.45) is 4.96. The molecule has 0 aromatic rings. The summed E-state index contributed by atoms with van der Waals surface area (Å²) in [7, 11) is 0. The van der Waals surface area contributed by atoms with Crippen molar-refractivity contribution in [2.24, 2.45) is 5.92 Å². The first-order valence-corrected chi connectivity index (χ1v) is 6.98. The van der Waals surface area contributed by atoms with Gasteiger partial charge in [-0.1, -0.05) is 19.8 Å². The summed E-state index contributed by atoms with van der Waals surface area (Å²) in [6.45, 7) is 4.36. The molecule has 4 nitrogen and oxygen atoms in total. The maximum absolute atomic E-state index is 12.3. The highest BCUT2D eigenvalue weighted by molar-refractivity contribution is 5.81. The van der Waals surface area contributed by atoms with Crippen LogP contribution in [0.4, 0.5) is 0 Å². The number of nitrogens with zero attached hydrogens (tertiary/aromatic N) is 2. The van der Waals surface area contributed by atoms with E-state index in [1.54, 1.807) is 6.92 Å². The van der Waals surface area contributed by atoms with Gasteiger partial charge in [-0.15, -0.1) is 0 Å². The van der Waals surface area contributed by atoms with Crippen molar-refractivity contribution in [2.75, 3.05) is 6.54 Å². The smallest absolute Gasteiger partial charge is 0.240 e. The van der Waals surface area contributed by atoms with Gasteiger partial charge in [0.25, 0.3) is 0 Å². The lowest BCUT2D eigenvalue weighted by Gasteiger charge is -2.32. The molecular formula is C14H24N2O2. The molecule has 1 heterocycles. The van der Waals surface area contributed by atoms with Crippen LogP contribution in [-0.2, 0) is 4.79 Å². The summed E-state index contributed by atoms with van der Waals surface area (Å²) in [5.74, 6) is -0.577. The van der Waals surface area contributed by atoms with Gasteiger partial charge in [-0.25, -0.2) is 0 Å². The van der Waals surface area contributed by atoms with Gasteiger partial charge in [0.2, 0.25) is 5.91 Å². The molecule has 1 saturated heterocycles. The molecular weight excluding hydrogens is 228 g/mol. The van der Waals surface area contributed by atoms with E-state index in [9.17, 15) is 9.90 Å². The molecule has 3 atom stereocenters. The van der Waals surface area contributed by atoms with Gasteiger partial charge in [-0.2, -0.15) is 5.26 Å². The first-order chi connectivity index (χ1) is 8.60. The number of amides is 1. The Hall–Kier alpha value is -1.08. The van der Waals surface area contributed by atoms with Crippen molar-refractivity contribution < 1.29 is 9.90 Å². The Morgan fingerprint density at radius 3 is 2.78 bits per heavy atom. The fraction of sp³-hybridized carbons (Fsp3) is 0.857. The zero-order valence-electron chi connectivity index (χ0n) is 11.4. The van der Waals surface area contributed by atoms with E-state index in [0.717, 1.165) is 32.2 Å². The van der Waals surface area contributed by atoms with Gasteiger partial charge < -0.3 is 10.0 Å². The molecule has 102 valence electrons. The Labute approximate surface area is 110 Å². The van der Waals surface area contributed by atoms with Crippen molar-refractivity contribution in [3.8, 4) is 6.07 Å². The van der Waals surface area contributed by atoms with Gasteiger partial charge in [0.05, 0.1) is 12.2 Å². The third-order valence-corrected chi connectivity index (χ3v) is 3.64. The molecule has 0 aromatic heterocycles. The van der Waals surface area contributed by atoms with Gasteiger partial charge >= 0.3 is 0 Å². The summed E-state index contributed by atoms with van der Waals surface area (Å²) < 4.78 is 0. The molecule has 1 aliphatic rings. The summed E-state index contributed by atoms with van der Waals surface area (Å²) >= 11 is 0. The summed E-state index contributed by atoms with van der Waals surface area (Å²) in [6, 6.07) is 2.19. The van der Waals surface area contributed by atoms with E-state index in [1.165, 1.54) is 0 Å². The monoisotopic (exact) mass is 252 g/mol. The minimum atomic E-state index is -0.528. The van der Waals surface area contributed by atoms with E-state index in [2.05, 4.69) is 6.07 Å². The van der Waals surface area contributed by atoms with Crippen LogP contribution in [0.3, 0.4) is 0 Å². The molecule has 1 fully saturated rings. The van der Waals surface area contributed by atoms with Crippen molar-refractivity contribution in [3.63, 3.8) is 0 Å². The molecule has 0 bridgehead atoms. The number of hydrogen-bond donors (Lipinski definition) is 1. The van der Waals surface area contributed by atoms with Crippen LogP contribution in [0.2, 0.25) is 0 Å². The number of aliphatic hydroxyl groups excluding tert-OH is 1. The number of rotatable bonds is 4. The van der Waals surface area contributed by atoms with Gasteiger partial charge in [0.15, 0.2) is 0 Å². The average molecular weight is 252 g/mol. The first-order valence-electron chi connectivity index (χ1n) is 6.98. The lowest BCUT2D eigenvalue weighted by atomic mass is 10.0.